The third-order valence-corrected chi connectivity index (χ3v) is 12.4. The van der Waals surface area contributed by atoms with Gasteiger partial charge in [0.25, 0.3) is 8.32 Å². The van der Waals surface area contributed by atoms with Gasteiger partial charge in [-0.1, -0.05) is 126 Å². The van der Waals surface area contributed by atoms with Gasteiger partial charge in [-0.2, -0.15) is 0 Å². The Labute approximate surface area is 240 Å². The second-order valence-electron chi connectivity index (χ2n) is 11.6. The minimum atomic E-state index is -2.40. The first-order valence-corrected chi connectivity index (χ1v) is 17.2. The Balaban J connectivity index is 1.63. The number of unbranched alkanes of at least 4 members (excludes halogenated alkanes) is 8. The number of urea groups is 1. The Hall–Kier alpha value is -2.37. The van der Waals surface area contributed by atoms with E-state index in [-0.39, 0.29) is 11.1 Å². The predicted molar refractivity (Wildman–Crippen MR) is 171 cm³/mol. The topological polar surface area (TPSA) is 50.4 Å². The molecular weight excluding hydrogens is 496 g/mol. The van der Waals surface area contributed by atoms with Gasteiger partial charge in [0.15, 0.2) is 0 Å². The molecule has 216 valence electrons. The zero-order chi connectivity index (χ0) is 28.2. The zero-order valence-electron chi connectivity index (χ0n) is 25.1. The van der Waals surface area contributed by atoms with Crippen LogP contribution in [0.25, 0.3) is 0 Å². The molecule has 0 spiro atoms. The van der Waals surface area contributed by atoms with E-state index in [0.717, 1.165) is 58.2 Å². The summed E-state index contributed by atoms with van der Waals surface area (Å²) >= 11 is 0. The number of nitrogens with one attached hydrogen (secondary N) is 2. The van der Waals surface area contributed by atoms with Gasteiger partial charge in [0, 0.05) is 19.7 Å². The third-order valence-electron chi connectivity index (χ3n) is 7.32. The molecular formula is C34H54N2O2Si. The fourth-order valence-corrected chi connectivity index (χ4v) is 9.77. The molecule has 2 N–H and O–H groups in total. The van der Waals surface area contributed by atoms with Crippen molar-refractivity contribution in [1.29, 1.82) is 0 Å². The number of carbonyl (C=O) groups is 1. The molecule has 0 aliphatic heterocycles. The molecule has 0 aliphatic carbocycles. The molecule has 39 heavy (non-hydrogen) atoms. The Morgan fingerprint density at radius 3 is 1.72 bits per heavy atom. The van der Waals surface area contributed by atoms with Crippen LogP contribution in [0.1, 0.15) is 98.3 Å². The molecule has 0 aliphatic rings. The molecule has 2 amide bonds. The first-order valence-electron chi connectivity index (χ1n) is 15.3. The van der Waals surface area contributed by atoms with Crippen molar-refractivity contribution in [2.45, 2.75) is 103 Å². The molecule has 0 heterocycles. The molecule has 0 aromatic heterocycles. The van der Waals surface area contributed by atoms with Crippen molar-refractivity contribution in [3.8, 4) is 0 Å². The van der Waals surface area contributed by atoms with E-state index < -0.39 is 8.32 Å². The van der Waals surface area contributed by atoms with E-state index in [1.54, 1.807) is 0 Å². The first-order chi connectivity index (χ1) is 18.9. The van der Waals surface area contributed by atoms with Gasteiger partial charge in [-0.05, 0) is 60.4 Å². The van der Waals surface area contributed by atoms with Crippen molar-refractivity contribution < 1.29 is 9.22 Å². The number of amides is 2. The van der Waals surface area contributed by atoms with Crippen molar-refractivity contribution in [2.75, 3.05) is 19.7 Å². The van der Waals surface area contributed by atoms with E-state index in [4.69, 9.17) is 4.43 Å². The van der Waals surface area contributed by atoms with Gasteiger partial charge in [0.2, 0.25) is 0 Å². The van der Waals surface area contributed by atoms with Gasteiger partial charge >= 0.3 is 6.03 Å². The highest BCUT2D eigenvalue weighted by atomic mass is 28.4. The summed E-state index contributed by atoms with van der Waals surface area (Å²) in [7, 11) is -2.40. The van der Waals surface area contributed by atoms with Crippen LogP contribution in [-0.4, -0.2) is 34.0 Å². The standard InChI is InChI=1S/C34H54N2O2Si/c1-5-6-21-28-35-33(37)36-29-22-13-11-9-7-8-10-12-14-23-30-38-39(34(2,3)4,31-24-17-15-18-25-31)32-26-19-16-20-27-32/h7,9,15-20,24-27H,5-6,8,10-14,21-23,28-30H2,1-4H3,(H2,35,36,37)/b9-7-. The van der Waals surface area contributed by atoms with Gasteiger partial charge in [-0.3, -0.25) is 0 Å². The highest BCUT2D eigenvalue weighted by molar-refractivity contribution is 6.99. The summed E-state index contributed by atoms with van der Waals surface area (Å²) in [5.41, 5.74) is 0. The molecule has 0 atom stereocenters. The van der Waals surface area contributed by atoms with Crippen LogP contribution < -0.4 is 21.0 Å². The van der Waals surface area contributed by atoms with E-state index in [1.165, 1.54) is 42.5 Å². The quantitative estimate of drug-likeness (QED) is 0.107. The minimum absolute atomic E-state index is 0.0291. The third kappa shape index (κ3) is 11.7. The normalized spacial score (nSPS) is 12.1. The van der Waals surface area contributed by atoms with E-state index in [2.05, 4.69) is 111 Å². The van der Waals surface area contributed by atoms with Crippen LogP contribution in [0.3, 0.4) is 0 Å². The van der Waals surface area contributed by atoms with Gasteiger partial charge in [-0.15, -0.1) is 0 Å². The molecule has 0 saturated heterocycles. The molecule has 5 heteroatoms. The van der Waals surface area contributed by atoms with E-state index in [0.29, 0.717) is 0 Å². The van der Waals surface area contributed by atoms with E-state index in [9.17, 15) is 4.79 Å². The van der Waals surface area contributed by atoms with Gasteiger partial charge < -0.3 is 15.1 Å². The van der Waals surface area contributed by atoms with Crippen LogP contribution in [0.2, 0.25) is 5.04 Å². The molecule has 4 nitrogen and oxygen atoms in total. The summed E-state index contributed by atoms with van der Waals surface area (Å²) in [6.07, 6.45) is 17.2. The van der Waals surface area contributed by atoms with Crippen LogP contribution in [0, 0.1) is 0 Å². The second-order valence-corrected chi connectivity index (χ2v) is 15.9. The van der Waals surface area contributed by atoms with Crippen LogP contribution in [0.4, 0.5) is 4.79 Å². The van der Waals surface area contributed by atoms with Crippen molar-refractivity contribution in [1.82, 2.24) is 10.6 Å². The highest BCUT2D eigenvalue weighted by Crippen LogP contribution is 2.36. The number of hydrogen-bond donors (Lipinski definition) is 2. The maximum Gasteiger partial charge on any atom is 0.314 e. The summed E-state index contributed by atoms with van der Waals surface area (Å²) in [6, 6.07) is 21.8. The van der Waals surface area contributed by atoms with Gasteiger partial charge in [0.1, 0.15) is 0 Å². The number of carbonyl (C=O) groups excluding carboxylic acids is 1. The number of hydrogen-bond acceptors (Lipinski definition) is 2. The molecule has 2 aromatic rings. The zero-order valence-corrected chi connectivity index (χ0v) is 26.1. The Bertz CT molecular complexity index is 886. The van der Waals surface area contributed by atoms with Crippen molar-refractivity contribution in [3.05, 3.63) is 72.8 Å². The molecule has 0 fully saturated rings. The summed E-state index contributed by atoms with van der Waals surface area (Å²) in [5, 5.41) is 8.62. The lowest BCUT2D eigenvalue weighted by Gasteiger charge is -2.43. The van der Waals surface area contributed by atoms with Crippen LogP contribution in [-0.2, 0) is 4.43 Å². The second kappa shape index (κ2) is 18.8. The average Bonchev–Trinajstić information content (AvgIpc) is 2.93. The monoisotopic (exact) mass is 550 g/mol. The van der Waals surface area contributed by atoms with Crippen molar-refractivity contribution >= 4 is 24.7 Å². The number of allylic oxidation sites excluding steroid dienone is 2. The van der Waals surface area contributed by atoms with Gasteiger partial charge in [-0.25, -0.2) is 4.79 Å². The molecule has 0 radical (unpaired) electrons. The van der Waals surface area contributed by atoms with Crippen LogP contribution in [0.5, 0.6) is 0 Å². The average molecular weight is 551 g/mol. The molecule has 0 saturated carbocycles. The van der Waals surface area contributed by atoms with Crippen molar-refractivity contribution in [2.24, 2.45) is 0 Å². The van der Waals surface area contributed by atoms with E-state index in [1.807, 2.05) is 0 Å². The molecule has 0 unspecified atom stereocenters. The SMILES string of the molecule is CCCCCNC(=O)NCCCC/C=C\CCCCCCO[Si](c1ccccc1)(c1ccccc1)C(C)(C)C. The molecule has 2 aromatic carbocycles. The maximum absolute atomic E-state index is 11.7. The fraction of sp³-hybridized carbons (Fsp3) is 0.559. The van der Waals surface area contributed by atoms with Gasteiger partial charge in [0.05, 0.1) is 0 Å². The lowest BCUT2D eigenvalue weighted by atomic mass is 10.1. The highest BCUT2D eigenvalue weighted by Gasteiger charge is 2.49. The Morgan fingerprint density at radius 1 is 0.718 bits per heavy atom. The summed E-state index contributed by atoms with van der Waals surface area (Å²) in [6.45, 7) is 11.5. The minimum Gasteiger partial charge on any atom is -0.407 e. The van der Waals surface area contributed by atoms with Crippen LogP contribution >= 0.6 is 0 Å². The first kappa shape index (κ1) is 32.8. The lowest BCUT2D eigenvalue weighted by Crippen LogP contribution is -2.66. The van der Waals surface area contributed by atoms with Crippen molar-refractivity contribution in [3.63, 3.8) is 0 Å². The van der Waals surface area contributed by atoms with E-state index >= 15 is 0 Å². The number of rotatable bonds is 19. The Kier molecular flexibility index (Phi) is 15.9. The molecule has 2 rings (SSSR count). The summed E-state index contributed by atoms with van der Waals surface area (Å²) in [4.78, 5) is 11.7. The largest absolute Gasteiger partial charge is 0.407 e. The Morgan fingerprint density at radius 2 is 1.21 bits per heavy atom. The summed E-state index contributed by atoms with van der Waals surface area (Å²) < 4.78 is 7.00. The fourth-order valence-electron chi connectivity index (χ4n) is 5.17. The maximum atomic E-state index is 11.7. The molecule has 0 bridgehead atoms. The lowest BCUT2D eigenvalue weighted by molar-refractivity contribution is 0.240. The summed E-state index contributed by atoms with van der Waals surface area (Å²) in [5.74, 6) is 0. The smallest absolute Gasteiger partial charge is 0.314 e. The number of benzene rings is 2. The predicted octanol–water partition coefficient (Wildman–Crippen LogP) is 7.73. The van der Waals surface area contributed by atoms with Crippen LogP contribution in [0.15, 0.2) is 72.8 Å².